The molecule has 1 unspecified atom stereocenters. The maximum atomic E-state index is 11.3. The summed E-state index contributed by atoms with van der Waals surface area (Å²) in [4.78, 5) is 22.1. The van der Waals surface area contributed by atoms with Gasteiger partial charge in [0.25, 0.3) is 0 Å². The number of ether oxygens (including phenoxy) is 1. The molecular formula is C11H18N2O4. The Hall–Kier alpha value is -1.74. The van der Waals surface area contributed by atoms with Crippen molar-refractivity contribution in [3.05, 3.63) is 0 Å². The second-order valence-electron chi connectivity index (χ2n) is 3.38. The molecule has 0 heterocycles. The molecule has 2 amide bonds. The third kappa shape index (κ3) is 8.11. The van der Waals surface area contributed by atoms with Gasteiger partial charge in [-0.05, 0) is 6.42 Å². The molecule has 0 aliphatic heterocycles. The van der Waals surface area contributed by atoms with Crippen LogP contribution in [0.25, 0.3) is 0 Å². The smallest absolute Gasteiger partial charge is 0.326 e. The average molecular weight is 242 g/mol. The summed E-state index contributed by atoms with van der Waals surface area (Å²) in [5.74, 6) is 1.36. The lowest BCUT2D eigenvalue weighted by atomic mass is 10.2. The third-order valence-electron chi connectivity index (χ3n) is 2.00. The Labute approximate surface area is 101 Å². The maximum absolute atomic E-state index is 11.3. The highest BCUT2D eigenvalue weighted by Gasteiger charge is 2.18. The molecule has 0 radical (unpaired) electrons. The minimum atomic E-state index is -1.08. The van der Waals surface area contributed by atoms with Gasteiger partial charge >= 0.3 is 12.0 Å². The molecule has 0 aromatic carbocycles. The van der Waals surface area contributed by atoms with E-state index >= 15 is 0 Å². The van der Waals surface area contributed by atoms with Crippen LogP contribution in [0.2, 0.25) is 0 Å². The summed E-state index contributed by atoms with van der Waals surface area (Å²) in [6.45, 7) is 0.695. The molecule has 1 atom stereocenters. The molecule has 0 aliphatic rings. The van der Waals surface area contributed by atoms with E-state index in [1.54, 1.807) is 0 Å². The van der Waals surface area contributed by atoms with Gasteiger partial charge in [0.05, 0.1) is 0 Å². The quantitative estimate of drug-likeness (QED) is 0.419. The molecule has 0 spiro atoms. The molecule has 0 aliphatic carbocycles. The van der Waals surface area contributed by atoms with Gasteiger partial charge in [-0.3, -0.25) is 0 Å². The number of carbonyl (C=O) groups is 2. The van der Waals surface area contributed by atoms with E-state index in [-0.39, 0.29) is 13.0 Å². The summed E-state index contributed by atoms with van der Waals surface area (Å²) in [6, 6.07) is -1.45. The maximum Gasteiger partial charge on any atom is 0.326 e. The number of carbonyl (C=O) groups excluding carboxylic acids is 1. The van der Waals surface area contributed by atoms with Crippen LogP contribution in [0, 0.1) is 12.3 Å². The monoisotopic (exact) mass is 242 g/mol. The number of aliphatic carboxylic acids is 1. The summed E-state index contributed by atoms with van der Waals surface area (Å²) in [7, 11) is 1.47. The highest BCUT2D eigenvalue weighted by Crippen LogP contribution is 1.93. The molecule has 0 rings (SSSR count). The number of terminal acetylenes is 1. The Morgan fingerprint density at radius 3 is 2.76 bits per heavy atom. The van der Waals surface area contributed by atoms with Crippen molar-refractivity contribution in [1.82, 2.24) is 10.6 Å². The summed E-state index contributed by atoms with van der Waals surface area (Å²) in [6.07, 6.45) is 6.52. The first-order valence-corrected chi connectivity index (χ1v) is 5.31. The lowest BCUT2D eigenvalue weighted by molar-refractivity contribution is -0.139. The fourth-order valence-corrected chi connectivity index (χ4v) is 1.09. The molecule has 0 aromatic heterocycles. The van der Waals surface area contributed by atoms with Crippen molar-refractivity contribution in [2.24, 2.45) is 0 Å². The number of unbranched alkanes of at least 4 members (excludes halogenated alkanes) is 1. The van der Waals surface area contributed by atoms with Gasteiger partial charge in [-0.1, -0.05) is 0 Å². The summed E-state index contributed by atoms with van der Waals surface area (Å²) in [5.41, 5.74) is 0. The normalized spacial score (nSPS) is 11.3. The summed E-state index contributed by atoms with van der Waals surface area (Å²) >= 11 is 0. The van der Waals surface area contributed by atoms with Gasteiger partial charge in [-0.15, -0.1) is 12.3 Å². The van der Waals surface area contributed by atoms with Crippen LogP contribution in [-0.4, -0.2) is 43.4 Å². The van der Waals surface area contributed by atoms with Crippen LogP contribution < -0.4 is 10.6 Å². The molecule has 0 aromatic rings. The Morgan fingerprint density at radius 1 is 1.53 bits per heavy atom. The number of amides is 2. The lowest BCUT2D eigenvalue weighted by Crippen LogP contribution is -2.46. The zero-order valence-electron chi connectivity index (χ0n) is 9.86. The Kier molecular flexibility index (Phi) is 8.51. The number of urea groups is 1. The van der Waals surface area contributed by atoms with E-state index < -0.39 is 18.0 Å². The van der Waals surface area contributed by atoms with Gasteiger partial charge in [0.1, 0.15) is 6.04 Å². The van der Waals surface area contributed by atoms with Gasteiger partial charge in [0.15, 0.2) is 0 Å². The van der Waals surface area contributed by atoms with E-state index in [9.17, 15) is 9.59 Å². The first-order valence-electron chi connectivity index (χ1n) is 5.31. The molecule has 3 N–H and O–H groups in total. The minimum absolute atomic E-state index is 0.226. The number of nitrogens with one attached hydrogen (secondary N) is 2. The third-order valence-corrected chi connectivity index (χ3v) is 2.00. The first kappa shape index (κ1) is 15.3. The van der Waals surface area contributed by atoms with Crippen LogP contribution in [0.3, 0.4) is 0 Å². The Balaban J connectivity index is 3.88. The Bertz CT molecular complexity index is 286. The van der Waals surface area contributed by atoms with Crippen molar-refractivity contribution >= 4 is 12.0 Å². The van der Waals surface area contributed by atoms with Crippen molar-refractivity contribution in [2.45, 2.75) is 25.3 Å². The van der Waals surface area contributed by atoms with Crippen LogP contribution in [-0.2, 0) is 9.53 Å². The molecule has 0 bridgehead atoms. The molecule has 17 heavy (non-hydrogen) atoms. The molecular weight excluding hydrogens is 224 g/mol. The van der Waals surface area contributed by atoms with Crippen LogP contribution in [0.1, 0.15) is 19.3 Å². The van der Waals surface area contributed by atoms with Crippen LogP contribution >= 0.6 is 0 Å². The second-order valence-corrected chi connectivity index (χ2v) is 3.38. The number of hydrogen-bond donors (Lipinski definition) is 3. The van der Waals surface area contributed by atoms with Gasteiger partial charge < -0.3 is 20.5 Å². The lowest BCUT2D eigenvalue weighted by Gasteiger charge is -2.14. The summed E-state index contributed by atoms with van der Waals surface area (Å²) in [5, 5.41) is 13.7. The predicted octanol–water partition coefficient (Wildman–Crippen LogP) is 0.189. The number of methoxy groups -OCH3 is 1. The van der Waals surface area contributed by atoms with Crippen molar-refractivity contribution in [1.29, 1.82) is 0 Å². The fraction of sp³-hybridized carbons (Fsp3) is 0.636. The molecule has 0 fully saturated rings. The molecule has 96 valence electrons. The summed E-state index contributed by atoms with van der Waals surface area (Å²) < 4.78 is 4.76. The molecule has 6 heteroatoms. The SMILES string of the molecule is C#CCCCNC(=O)NC(CCOC)C(=O)O. The first-order chi connectivity index (χ1) is 8.11. The number of carboxylic acids is 1. The largest absolute Gasteiger partial charge is 0.480 e. The van der Waals surface area contributed by atoms with E-state index in [0.717, 1.165) is 0 Å². The molecule has 0 saturated heterocycles. The van der Waals surface area contributed by atoms with Crippen molar-refractivity contribution < 1.29 is 19.4 Å². The van der Waals surface area contributed by atoms with E-state index in [2.05, 4.69) is 16.6 Å². The van der Waals surface area contributed by atoms with Gasteiger partial charge in [-0.2, -0.15) is 0 Å². The highest BCUT2D eigenvalue weighted by atomic mass is 16.5. The highest BCUT2D eigenvalue weighted by molar-refractivity contribution is 5.82. The zero-order valence-corrected chi connectivity index (χ0v) is 9.86. The Morgan fingerprint density at radius 2 is 2.24 bits per heavy atom. The average Bonchev–Trinajstić information content (AvgIpc) is 2.29. The minimum Gasteiger partial charge on any atom is -0.480 e. The number of rotatable bonds is 8. The van der Waals surface area contributed by atoms with Crippen LogP contribution in [0.5, 0.6) is 0 Å². The van der Waals surface area contributed by atoms with Gasteiger partial charge in [0.2, 0.25) is 0 Å². The van der Waals surface area contributed by atoms with Gasteiger partial charge in [0, 0.05) is 33.1 Å². The number of hydrogen-bond acceptors (Lipinski definition) is 3. The number of carboxylic acid groups (broad SMARTS) is 1. The van der Waals surface area contributed by atoms with Crippen molar-refractivity contribution in [3.63, 3.8) is 0 Å². The van der Waals surface area contributed by atoms with Gasteiger partial charge in [-0.25, -0.2) is 9.59 Å². The fourth-order valence-electron chi connectivity index (χ4n) is 1.09. The standard InChI is InChI=1S/C11H18N2O4/c1-3-4-5-7-12-11(16)13-9(10(14)15)6-8-17-2/h1,9H,4-8H2,2H3,(H,14,15)(H2,12,13,16). The predicted molar refractivity (Wildman–Crippen MR) is 62.5 cm³/mol. The van der Waals surface area contributed by atoms with Crippen LogP contribution in [0.4, 0.5) is 4.79 Å². The van der Waals surface area contributed by atoms with Crippen molar-refractivity contribution in [2.75, 3.05) is 20.3 Å². The molecule has 0 saturated carbocycles. The second kappa shape index (κ2) is 9.48. The topological polar surface area (TPSA) is 87.7 Å². The van der Waals surface area contributed by atoms with E-state index in [1.165, 1.54) is 7.11 Å². The van der Waals surface area contributed by atoms with E-state index in [0.29, 0.717) is 19.4 Å². The molecule has 6 nitrogen and oxygen atoms in total. The van der Waals surface area contributed by atoms with Crippen LogP contribution in [0.15, 0.2) is 0 Å². The van der Waals surface area contributed by atoms with Crippen molar-refractivity contribution in [3.8, 4) is 12.3 Å². The zero-order chi connectivity index (χ0) is 13.1. The van der Waals surface area contributed by atoms with E-state index in [1.807, 2.05) is 0 Å². The van der Waals surface area contributed by atoms with E-state index in [4.69, 9.17) is 16.3 Å².